The van der Waals surface area contributed by atoms with Crippen LogP contribution in [0.3, 0.4) is 0 Å². The van der Waals surface area contributed by atoms with Gasteiger partial charge >= 0.3 is 0 Å². The number of H-pyrrole nitrogens is 1. The third-order valence-corrected chi connectivity index (χ3v) is 3.47. The topological polar surface area (TPSA) is 83.1 Å². The number of rotatable bonds is 7. The van der Waals surface area contributed by atoms with E-state index >= 15 is 0 Å². The van der Waals surface area contributed by atoms with E-state index < -0.39 is 0 Å². The highest BCUT2D eigenvalue weighted by molar-refractivity contribution is 9.10. The Labute approximate surface area is 125 Å². The number of hydrogen-bond donors (Lipinski definition) is 3. The first kappa shape index (κ1) is 14.8. The van der Waals surface area contributed by atoms with Crippen molar-refractivity contribution in [3.8, 4) is 11.5 Å². The predicted octanol–water partition coefficient (Wildman–Crippen LogP) is 2.00. The van der Waals surface area contributed by atoms with Crippen molar-refractivity contribution in [2.45, 2.75) is 19.4 Å². The number of aromatic amines is 1. The summed E-state index contributed by atoms with van der Waals surface area (Å²) in [4.78, 5) is 4.07. The van der Waals surface area contributed by atoms with Gasteiger partial charge in [0.05, 0.1) is 11.6 Å². The Morgan fingerprint density at radius 1 is 1.45 bits per heavy atom. The van der Waals surface area contributed by atoms with E-state index in [4.69, 9.17) is 4.74 Å². The Morgan fingerprint density at radius 2 is 2.30 bits per heavy atom. The quantitative estimate of drug-likeness (QED) is 0.671. The maximum atomic E-state index is 9.73. The van der Waals surface area contributed by atoms with Crippen molar-refractivity contribution in [2.24, 2.45) is 0 Å². The lowest BCUT2D eigenvalue weighted by atomic mass is 10.2. The summed E-state index contributed by atoms with van der Waals surface area (Å²) >= 11 is 3.31. The highest BCUT2D eigenvalue weighted by Crippen LogP contribution is 2.35. The van der Waals surface area contributed by atoms with E-state index in [2.05, 4.69) is 36.4 Å². The van der Waals surface area contributed by atoms with E-state index in [-0.39, 0.29) is 5.75 Å². The van der Waals surface area contributed by atoms with E-state index in [0.29, 0.717) is 16.8 Å². The van der Waals surface area contributed by atoms with Gasteiger partial charge in [-0.05, 0) is 46.6 Å². The van der Waals surface area contributed by atoms with Crippen molar-refractivity contribution >= 4 is 15.9 Å². The second-order valence-corrected chi connectivity index (χ2v) is 5.20. The summed E-state index contributed by atoms with van der Waals surface area (Å²) in [6.45, 7) is 1.59. The fourth-order valence-corrected chi connectivity index (χ4v) is 2.34. The molecule has 0 unspecified atom stereocenters. The Kier molecular flexibility index (Phi) is 5.37. The second kappa shape index (κ2) is 7.25. The van der Waals surface area contributed by atoms with Gasteiger partial charge < -0.3 is 15.2 Å². The lowest BCUT2D eigenvalue weighted by molar-refractivity contribution is 0.371. The number of hydrogen-bond acceptors (Lipinski definition) is 5. The maximum absolute atomic E-state index is 9.73. The number of aromatic nitrogens is 3. The number of halogens is 1. The number of ether oxygens (including phenoxy) is 1. The molecular weight excluding hydrogens is 324 g/mol. The third kappa shape index (κ3) is 3.94. The zero-order valence-electron chi connectivity index (χ0n) is 11.2. The molecule has 0 amide bonds. The largest absolute Gasteiger partial charge is 0.503 e. The summed E-state index contributed by atoms with van der Waals surface area (Å²) in [5.74, 6) is 1.50. The molecule has 1 heterocycles. The van der Waals surface area contributed by atoms with Gasteiger partial charge in [-0.15, -0.1) is 0 Å². The molecule has 2 rings (SSSR count). The monoisotopic (exact) mass is 340 g/mol. The smallest absolute Gasteiger partial charge is 0.172 e. The first-order valence-corrected chi connectivity index (χ1v) is 7.10. The van der Waals surface area contributed by atoms with E-state index in [1.54, 1.807) is 0 Å². The van der Waals surface area contributed by atoms with Crippen LogP contribution in [0.4, 0.5) is 0 Å². The summed E-state index contributed by atoms with van der Waals surface area (Å²) in [5.41, 5.74) is 1.05. The van der Waals surface area contributed by atoms with Crippen molar-refractivity contribution in [3.63, 3.8) is 0 Å². The van der Waals surface area contributed by atoms with Crippen LogP contribution in [0, 0.1) is 0 Å². The summed E-state index contributed by atoms with van der Waals surface area (Å²) in [7, 11) is 1.54. The highest BCUT2D eigenvalue weighted by atomic mass is 79.9. The molecule has 0 fully saturated rings. The second-order valence-electron chi connectivity index (χ2n) is 4.34. The van der Waals surface area contributed by atoms with Crippen molar-refractivity contribution in [2.75, 3.05) is 13.7 Å². The molecule has 0 radical (unpaired) electrons. The average molecular weight is 341 g/mol. The lowest BCUT2D eigenvalue weighted by Crippen LogP contribution is -2.15. The molecule has 6 nitrogen and oxygen atoms in total. The fourth-order valence-electron chi connectivity index (χ4n) is 1.85. The molecule has 0 saturated heterocycles. The highest BCUT2D eigenvalue weighted by Gasteiger charge is 2.08. The van der Waals surface area contributed by atoms with E-state index in [1.807, 2.05) is 12.1 Å². The van der Waals surface area contributed by atoms with Gasteiger partial charge in [0.15, 0.2) is 11.5 Å². The van der Waals surface area contributed by atoms with Crippen molar-refractivity contribution in [1.82, 2.24) is 20.5 Å². The molecule has 1 aromatic heterocycles. The molecule has 1 aromatic carbocycles. The molecule has 0 aliphatic rings. The van der Waals surface area contributed by atoms with Gasteiger partial charge in [0, 0.05) is 13.0 Å². The van der Waals surface area contributed by atoms with Gasteiger partial charge in [-0.3, -0.25) is 5.10 Å². The van der Waals surface area contributed by atoms with E-state index in [1.165, 1.54) is 13.4 Å². The molecule has 20 heavy (non-hydrogen) atoms. The molecule has 0 aliphatic carbocycles. The molecule has 0 bridgehead atoms. The summed E-state index contributed by atoms with van der Waals surface area (Å²) < 4.78 is 5.75. The van der Waals surface area contributed by atoms with Gasteiger partial charge in [0.2, 0.25) is 0 Å². The SMILES string of the molecule is COc1cc(CNCCCc2ncn[nH]2)cc(Br)c1O. The standard InChI is InChI=1S/C13H17BrN4O2/c1-20-11-6-9(5-10(14)13(11)19)7-15-4-2-3-12-16-8-17-18-12/h5-6,8,15,19H,2-4,7H2,1H3,(H,16,17,18). The zero-order valence-corrected chi connectivity index (χ0v) is 12.8. The number of aromatic hydroxyl groups is 1. The van der Waals surface area contributed by atoms with Crippen molar-refractivity contribution in [3.05, 3.63) is 34.3 Å². The minimum atomic E-state index is 0.126. The van der Waals surface area contributed by atoms with E-state index in [9.17, 15) is 5.11 Å². The molecule has 7 heteroatoms. The molecular formula is C13H17BrN4O2. The maximum Gasteiger partial charge on any atom is 0.172 e. The molecule has 108 valence electrons. The number of phenols is 1. The van der Waals surface area contributed by atoms with Gasteiger partial charge in [-0.2, -0.15) is 5.10 Å². The number of nitrogens with zero attached hydrogens (tertiary/aromatic N) is 2. The summed E-state index contributed by atoms with van der Waals surface area (Å²) in [6.07, 6.45) is 3.37. The van der Waals surface area contributed by atoms with Crippen LogP contribution in [0.5, 0.6) is 11.5 Å². The number of phenolic OH excluding ortho intramolecular Hbond substituents is 1. The molecule has 2 aromatic rings. The first-order valence-electron chi connectivity index (χ1n) is 6.31. The zero-order chi connectivity index (χ0) is 14.4. The fraction of sp³-hybridized carbons (Fsp3) is 0.385. The van der Waals surface area contributed by atoms with Gasteiger partial charge in [0.25, 0.3) is 0 Å². The average Bonchev–Trinajstić information content (AvgIpc) is 2.95. The number of benzene rings is 1. The van der Waals surface area contributed by atoms with Crippen LogP contribution in [-0.4, -0.2) is 33.9 Å². The molecule has 0 saturated carbocycles. The van der Waals surface area contributed by atoms with Crippen LogP contribution < -0.4 is 10.1 Å². The summed E-state index contributed by atoms with van der Waals surface area (Å²) in [5, 5.41) is 19.7. The van der Waals surface area contributed by atoms with Gasteiger partial charge in [0.1, 0.15) is 12.2 Å². The number of aryl methyl sites for hydroxylation is 1. The Bertz CT molecular complexity index is 546. The Hall–Kier alpha value is -1.60. The van der Waals surface area contributed by atoms with Crippen LogP contribution in [-0.2, 0) is 13.0 Å². The molecule has 0 spiro atoms. The number of methoxy groups -OCH3 is 1. The van der Waals surface area contributed by atoms with Gasteiger partial charge in [-0.25, -0.2) is 4.98 Å². The van der Waals surface area contributed by atoms with Crippen LogP contribution in [0.2, 0.25) is 0 Å². The van der Waals surface area contributed by atoms with Crippen molar-refractivity contribution < 1.29 is 9.84 Å². The van der Waals surface area contributed by atoms with Crippen molar-refractivity contribution in [1.29, 1.82) is 0 Å². The molecule has 0 atom stereocenters. The minimum absolute atomic E-state index is 0.126. The third-order valence-electron chi connectivity index (χ3n) is 2.87. The molecule has 0 aliphatic heterocycles. The van der Waals surface area contributed by atoms with Crippen LogP contribution in [0.1, 0.15) is 17.8 Å². The van der Waals surface area contributed by atoms with Gasteiger partial charge in [-0.1, -0.05) is 0 Å². The first-order chi connectivity index (χ1) is 9.70. The molecule has 3 N–H and O–H groups in total. The van der Waals surface area contributed by atoms with Crippen LogP contribution in [0.25, 0.3) is 0 Å². The van der Waals surface area contributed by atoms with E-state index in [0.717, 1.165) is 30.8 Å². The Balaban J connectivity index is 1.78. The number of nitrogens with one attached hydrogen (secondary N) is 2. The summed E-state index contributed by atoms with van der Waals surface area (Å²) in [6, 6.07) is 3.70. The normalized spacial score (nSPS) is 10.7. The minimum Gasteiger partial charge on any atom is -0.503 e. The predicted molar refractivity (Wildman–Crippen MR) is 78.8 cm³/mol. The van der Waals surface area contributed by atoms with Crippen LogP contribution >= 0.6 is 15.9 Å². The van der Waals surface area contributed by atoms with Crippen LogP contribution in [0.15, 0.2) is 22.9 Å². The Morgan fingerprint density at radius 3 is 3.00 bits per heavy atom. The lowest BCUT2D eigenvalue weighted by Gasteiger charge is -2.09.